The zero-order chi connectivity index (χ0) is 21.3. The predicted octanol–water partition coefficient (Wildman–Crippen LogP) is 7.23. The number of nitrogens with zero attached hydrogens (tertiary/aromatic N) is 2. The lowest BCUT2D eigenvalue weighted by atomic mass is 9.69. The van der Waals surface area contributed by atoms with Crippen molar-refractivity contribution in [2.75, 3.05) is 6.54 Å². The van der Waals surface area contributed by atoms with E-state index in [1.807, 2.05) is 24.3 Å². The molecule has 0 fully saturated rings. The molecule has 0 radical (unpaired) electrons. The third-order valence-corrected chi connectivity index (χ3v) is 6.40. The summed E-state index contributed by atoms with van der Waals surface area (Å²) in [5.74, 6) is 0.236. The van der Waals surface area contributed by atoms with Gasteiger partial charge in [-0.05, 0) is 61.4 Å². The summed E-state index contributed by atoms with van der Waals surface area (Å²) in [7, 11) is 0. The largest absolute Gasteiger partial charge is 0.296 e. The average molecular weight is 411 g/mol. The molecule has 2 nitrogen and oxygen atoms in total. The predicted molar refractivity (Wildman–Crippen MR) is 124 cm³/mol. The van der Waals surface area contributed by atoms with E-state index in [4.69, 9.17) is 11.6 Å². The van der Waals surface area contributed by atoms with Gasteiger partial charge in [0.05, 0.1) is 11.5 Å². The zero-order valence-corrected chi connectivity index (χ0v) is 19.1. The molecule has 2 atom stereocenters. The van der Waals surface area contributed by atoms with Crippen LogP contribution in [0.4, 0.5) is 0 Å². The number of hydrogen-bond donors (Lipinski definition) is 0. The van der Waals surface area contributed by atoms with E-state index >= 15 is 0 Å². The summed E-state index contributed by atoms with van der Waals surface area (Å²) in [6, 6.07) is 21.7. The SMILES string of the molecule is CCCN(Cc1ccccc1)C(CC)CCC(C#N)(c1ccc(Cl)cc1)C(C)C. The molecule has 2 unspecified atom stereocenters. The van der Waals surface area contributed by atoms with Crippen LogP contribution < -0.4 is 0 Å². The Balaban J connectivity index is 2.21. The van der Waals surface area contributed by atoms with Crippen LogP contribution in [-0.2, 0) is 12.0 Å². The molecular formula is C26H35ClN2. The standard InChI is InChI=1S/C26H35ClN2/c1-5-18-29(19-22-10-8-7-9-11-22)25(6-2)16-17-26(20-28,21(3)4)23-12-14-24(27)15-13-23/h7-15,21,25H,5-6,16-19H2,1-4H3. The minimum absolute atomic E-state index is 0.236. The Morgan fingerprint density at radius 3 is 2.21 bits per heavy atom. The van der Waals surface area contributed by atoms with Crippen molar-refractivity contribution < 1.29 is 0 Å². The Morgan fingerprint density at radius 2 is 1.69 bits per heavy atom. The van der Waals surface area contributed by atoms with Gasteiger partial charge in [-0.15, -0.1) is 0 Å². The van der Waals surface area contributed by atoms with Gasteiger partial charge < -0.3 is 0 Å². The average Bonchev–Trinajstić information content (AvgIpc) is 2.73. The lowest BCUT2D eigenvalue weighted by Crippen LogP contribution is -2.38. The molecule has 3 heteroatoms. The maximum absolute atomic E-state index is 10.2. The molecule has 2 aromatic rings. The maximum Gasteiger partial charge on any atom is 0.0845 e. The first-order chi connectivity index (χ1) is 14.0. The molecule has 0 saturated heterocycles. The van der Waals surface area contributed by atoms with Gasteiger partial charge in [-0.3, -0.25) is 4.90 Å². The number of rotatable bonds is 11. The summed E-state index contributed by atoms with van der Waals surface area (Å²) in [5, 5.41) is 11.0. The Hall–Kier alpha value is -1.82. The van der Waals surface area contributed by atoms with Crippen LogP contribution in [0.2, 0.25) is 5.02 Å². The Labute approximate surface area is 182 Å². The monoisotopic (exact) mass is 410 g/mol. The van der Waals surface area contributed by atoms with E-state index in [1.54, 1.807) is 0 Å². The summed E-state index contributed by atoms with van der Waals surface area (Å²) in [6.45, 7) is 10.9. The number of nitriles is 1. The molecule has 156 valence electrons. The molecule has 29 heavy (non-hydrogen) atoms. The first-order valence-electron chi connectivity index (χ1n) is 10.9. The smallest absolute Gasteiger partial charge is 0.0845 e. The van der Waals surface area contributed by atoms with Gasteiger partial charge in [0.1, 0.15) is 0 Å². The number of halogens is 1. The van der Waals surface area contributed by atoms with Crippen molar-refractivity contribution in [3.05, 3.63) is 70.7 Å². The van der Waals surface area contributed by atoms with Gasteiger partial charge in [0.2, 0.25) is 0 Å². The van der Waals surface area contributed by atoms with Crippen molar-refractivity contribution in [2.45, 2.75) is 71.4 Å². The van der Waals surface area contributed by atoms with Gasteiger partial charge in [-0.25, -0.2) is 0 Å². The topological polar surface area (TPSA) is 27.0 Å². The summed E-state index contributed by atoms with van der Waals surface area (Å²) in [4.78, 5) is 2.60. The molecule has 0 bridgehead atoms. The highest BCUT2D eigenvalue weighted by Crippen LogP contribution is 2.38. The van der Waals surface area contributed by atoms with Crippen LogP contribution in [0.15, 0.2) is 54.6 Å². The summed E-state index contributed by atoms with van der Waals surface area (Å²) in [5.41, 5.74) is 1.95. The third kappa shape index (κ3) is 6.08. The molecule has 0 spiro atoms. The van der Waals surface area contributed by atoms with E-state index in [1.165, 1.54) is 5.56 Å². The highest BCUT2D eigenvalue weighted by Gasteiger charge is 2.36. The molecule has 0 aliphatic heterocycles. The second-order valence-corrected chi connectivity index (χ2v) is 8.74. The zero-order valence-electron chi connectivity index (χ0n) is 18.4. The van der Waals surface area contributed by atoms with Crippen molar-refractivity contribution in [1.29, 1.82) is 5.26 Å². The van der Waals surface area contributed by atoms with Crippen LogP contribution in [0.1, 0.15) is 64.5 Å². The van der Waals surface area contributed by atoms with Crippen molar-refractivity contribution in [1.82, 2.24) is 4.90 Å². The molecule has 0 N–H and O–H groups in total. The first-order valence-corrected chi connectivity index (χ1v) is 11.3. The fourth-order valence-electron chi connectivity index (χ4n) is 4.30. The molecular weight excluding hydrogens is 376 g/mol. The maximum atomic E-state index is 10.2. The highest BCUT2D eigenvalue weighted by atomic mass is 35.5. The molecule has 0 heterocycles. The quantitative estimate of drug-likeness (QED) is 0.390. The second kappa shape index (κ2) is 11.4. The van der Waals surface area contributed by atoms with Gasteiger partial charge in [0, 0.05) is 17.6 Å². The molecule has 0 aromatic heterocycles. The van der Waals surface area contributed by atoms with Crippen molar-refractivity contribution in [3.63, 3.8) is 0 Å². The first kappa shape index (κ1) is 23.5. The van der Waals surface area contributed by atoms with Crippen molar-refractivity contribution >= 4 is 11.6 Å². The van der Waals surface area contributed by atoms with Crippen LogP contribution in [-0.4, -0.2) is 17.5 Å². The van der Waals surface area contributed by atoms with Crippen LogP contribution in [0.25, 0.3) is 0 Å². The Morgan fingerprint density at radius 1 is 1.03 bits per heavy atom. The fourth-order valence-corrected chi connectivity index (χ4v) is 4.42. The summed E-state index contributed by atoms with van der Waals surface area (Å²) >= 11 is 6.10. The van der Waals surface area contributed by atoms with Crippen molar-refractivity contribution in [3.8, 4) is 6.07 Å². The van der Waals surface area contributed by atoms with Gasteiger partial charge in [0.25, 0.3) is 0 Å². The molecule has 2 rings (SSSR count). The fraction of sp³-hybridized carbons (Fsp3) is 0.500. The number of hydrogen-bond acceptors (Lipinski definition) is 2. The van der Waals surface area contributed by atoms with E-state index in [9.17, 15) is 5.26 Å². The summed E-state index contributed by atoms with van der Waals surface area (Å²) < 4.78 is 0. The lowest BCUT2D eigenvalue weighted by molar-refractivity contribution is 0.160. The Bertz CT molecular complexity index is 764. The summed E-state index contributed by atoms with van der Waals surface area (Å²) in [6.07, 6.45) is 4.09. The van der Waals surface area contributed by atoms with Crippen LogP contribution >= 0.6 is 11.6 Å². The van der Waals surface area contributed by atoms with E-state index in [-0.39, 0.29) is 5.92 Å². The van der Waals surface area contributed by atoms with E-state index in [0.717, 1.165) is 44.3 Å². The molecule has 0 aliphatic carbocycles. The molecule has 0 saturated carbocycles. The number of benzene rings is 2. The van der Waals surface area contributed by atoms with E-state index in [0.29, 0.717) is 11.1 Å². The van der Waals surface area contributed by atoms with E-state index < -0.39 is 5.41 Å². The van der Waals surface area contributed by atoms with Gasteiger partial charge >= 0.3 is 0 Å². The van der Waals surface area contributed by atoms with Crippen LogP contribution in [0.5, 0.6) is 0 Å². The van der Waals surface area contributed by atoms with Crippen molar-refractivity contribution in [2.24, 2.45) is 5.92 Å². The molecule has 2 aromatic carbocycles. The second-order valence-electron chi connectivity index (χ2n) is 8.30. The van der Waals surface area contributed by atoms with Crippen LogP contribution in [0, 0.1) is 17.2 Å². The van der Waals surface area contributed by atoms with Gasteiger partial charge in [-0.1, -0.05) is 81.8 Å². The minimum Gasteiger partial charge on any atom is -0.296 e. The minimum atomic E-state index is -0.483. The highest BCUT2D eigenvalue weighted by molar-refractivity contribution is 6.30. The molecule has 0 aliphatic rings. The van der Waals surface area contributed by atoms with E-state index in [2.05, 4.69) is 69.0 Å². The van der Waals surface area contributed by atoms with Gasteiger partial charge in [-0.2, -0.15) is 5.26 Å². The molecule has 0 amide bonds. The third-order valence-electron chi connectivity index (χ3n) is 6.14. The van der Waals surface area contributed by atoms with Gasteiger partial charge in [0.15, 0.2) is 0 Å². The van der Waals surface area contributed by atoms with Crippen LogP contribution in [0.3, 0.4) is 0 Å². The Kier molecular flexibility index (Phi) is 9.21. The lowest BCUT2D eigenvalue weighted by Gasteiger charge is -2.36. The normalized spacial score (nSPS) is 14.6.